The Morgan fingerprint density at radius 1 is 1.28 bits per heavy atom. The van der Waals surface area contributed by atoms with Gasteiger partial charge in [0.15, 0.2) is 0 Å². The molecule has 2 atom stereocenters. The van der Waals surface area contributed by atoms with E-state index in [1.54, 1.807) is 0 Å². The SMILES string of the molecule is CCCCC(=NS(=O)C(C)CC)c1ccccc1. The van der Waals surface area contributed by atoms with Crippen LogP contribution in [0.3, 0.4) is 0 Å². The lowest BCUT2D eigenvalue weighted by Gasteiger charge is -2.08. The average Bonchev–Trinajstić information content (AvgIpc) is 2.43. The predicted molar refractivity (Wildman–Crippen MR) is 80.4 cm³/mol. The van der Waals surface area contributed by atoms with E-state index in [2.05, 4.69) is 11.3 Å². The second-order valence-electron chi connectivity index (χ2n) is 4.50. The summed E-state index contributed by atoms with van der Waals surface area (Å²) in [4.78, 5) is 0. The lowest BCUT2D eigenvalue weighted by molar-refractivity contribution is 0.671. The Bertz CT molecular complexity index is 400. The summed E-state index contributed by atoms with van der Waals surface area (Å²) in [7, 11) is -1.11. The van der Waals surface area contributed by atoms with Gasteiger partial charge in [0.1, 0.15) is 11.0 Å². The molecule has 0 bridgehead atoms. The Balaban J connectivity index is 2.91. The first-order valence-electron chi connectivity index (χ1n) is 6.72. The van der Waals surface area contributed by atoms with E-state index in [0.717, 1.165) is 37.0 Å². The number of nitrogens with zero attached hydrogens (tertiary/aromatic N) is 1. The van der Waals surface area contributed by atoms with Gasteiger partial charge in [-0.2, -0.15) is 4.40 Å². The van der Waals surface area contributed by atoms with Crippen LogP contribution in [0, 0.1) is 0 Å². The molecule has 2 unspecified atom stereocenters. The second kappa shape index (κ2) is 8.20. The van der Waals surface area contributed by atoms with Crippen LogP contribution in [0.1, 0.15) is 52.0 Å². The third-order valence-corrected chi connectivity index (χ3v) is 4.42. The Kier molecular flexibility index (Phi) is 6.88. The summed E-state index contributed by atoms with van der Waals surface area (Å²) in [5.74, 6) is 0. The van der Waals surface area contributed by atoms with Gasteiger partial charge in [0, 0.05) is 0 Å². The zero-order valence-electron chi connectivity index (χ0n) is 11.6. The number of hydrogen-bond donors (Lipinski definition) is 0. The normalized spacial score (nSPS) is 15.4. The van der Waals surface area contributed by atoms with Gasteiger partial charge < -0.3 is 0 Å². The topological polar surface area (TPSA) is 29.4 Å². The fourth-order valence-electron chi connectivity index (χ4n) is 1.56. The highest BCUT2D eigenvalue weighted by Gasteiger charge is 2.10. The van der Waals surface area contributed by atoms with Crippen LogP contribution in [-0.4, -0.2) is 15.2 Å². The maximum absolute atomic E-state index is 12.0. The molecule has 0 aliphatic rings. The van der Waals surface area contributed by atoms with E-state index >= 15 is 0 Å². The van der Waals surface area contributed by atoms with Crippen LogP contribution in [0.4, 0.5) is 0 Å². The van der Waals surface area contributed by atoms with Crippen LogP contribution in [0.15, 0.2) is 34.7 Å². The molecule has 0 spiro atoms. The minimum Gasteiger partial charge on any atom is -0.235 e. The summed E-state index contributed by atoms with van der Waals surface area (Å²) in [5, 5.41) is 0.130. The van der Waals surface area contributed by atoms with Crippen molar-refractivity contribution in [2.75, 3.05) is 0 Å². The monoisotopic (exact) mass is 265 g/mol. The molecule has 0 saturated heterocycles. The van der Waals surface area contributed by atoms with Crippen LogP contribution in [0.25, 0.3) is 0 Å². The average molecular weight is 265 g/mol. The van der Waals surface area contributed by atoms with E-state index in [0.29, 0.717) is 0 Å². The Morgan fingerprint density at radius 2 is 1.94 bits per heavy atom. The van der Waals surface area contributed by atoms with Crippen molar-refractivity contribution in [3.63, 3.8) is 0 Å². The Hall–Kier alpha value is -0.960. The maximum atomic E-state index is 12.0. The summed E-state index contributed by atoms with van der Waals surface area (Å²) in [6.07, 6.45) is 4.02. The maximum Gasteiger partial charge on any atom is 0.142 e. The van der Waals surface area contributed by atoms with Crippen molar-refractivity contribution in [3.05, 3.63) is 35.9 Å². The number of benzene rings is 1. The molecular formula is C15H23NOS. The van der Waals surface area contributed by atoms with E-state index < -0.39 is 11.0 Å². The molecule has 1 aromatic carbocycles. The van der Waals surface area contributed by atoms with Crippen molar-refractivity contribution in [1.29, 1.82) is 0 Å². The van der Waals surface area contributed by atoms with E-state index in [9.17, 15) is 4.21 Å². The Morgan fingerprint density at radius 3 is 2.50 bits per heavy atom. The summed E-state index contributed by atoms with van der Waals surface area (Å²) in [6, 6.07) is 10.1. The molecule has 1 aromatic rings. The smallest absolute Gasteiger partial charge is 0.142 e. The zero-order chi connectivity index (χ0) is 13.4. The molecule has 18 heavy (non-hydrogen) atoms. The third-order valence-electron chi connectivity index (χ3n) is 2.99. The van der Waals surface area contributed by atoms with Crippen molar-refractivity contribution in [1.82, 2.24) is 0 Å². The molecule has 0 aliphatic carbocycles. The van der Waals surface area contributed by atoms with E-state index in [-0.39, 0.29) is 5.25 Å². The van der Waals surface area contributed by atoms with Gasteiger partial charge in [-0.25, -0.2) is 4.21 Å². The van der Waals surface area contributed by atoms with Crippen molar-refractivity contribution in [3.8, 4) is 0 Å². The van der Waals surface area contributed by atoms with E-state index in [1.807, 2.05) is 44.2 Å². The molecule has 3 heteroatoms. The van der Waals surface area contributed by atoms with Gasteiger partial charge in [-0.1, -0.05) is 50.6 Å². The molecule has 0 aromatic heterocycles. The molecule has 0 radical (unpaired) electrons. The summed E-state index contributed by atoms with van der Waals surface area (Å²) in [6.45, 7) is 6.20. The van der Waals surface area contributed by atoms with Gasteiger partial charge in [-0.3, -0.25) is 0 Å². The highest BCUT2D eigenvalue weighted by molar-refractivity contribution is 7.84. The second-order valence-corrected chi connectivity index (χ2v) is 6.04. The fourth-order valence-corrected chi connectivity index (χ4v) is 2.44. The van der Waals surface area contributed by atoms with Crippen LogP contribution in [0.5, 0.6) is 0 Å². The van der Waals surface area contributed by atoms with Gasteiger partial charge >= 0.3 is 0 Å². The zero-order valence-corrected chi connectivity index (χ0v) is 12.4. The minimum absolute atomic E-state index is 0.130. The molecule has 100 valence electrons. The predicted octanol–water partition coefficient (Wildman–Crippen LogP) is 4.13. The van der Waals surface area contributed by atoms with Crippen molar-refractivity contribution < 1.29 is 4.21 Å². The lowest BCUT2D eigenvalue weighted by Crippen LogP contribution is -2.10. The van der Waals surface area contributed by atoms with Crippen LogP contribution >= 0.6 is 0 Å². The standard InChI is InChI=1S/C15H23NOS/c1-4-6-12-15(14-10-8-7-9-11-14)16-18(17)13(3)5-2/h7-11,13H,4-6,12H2,1-3H3. The van der Waals surface area contributed by atoms with Gasteiger partial charge in [-0.05, 0) is 31.7 Å². The van der Waals surface area contributed by atoms with Gasteiger partial charge in [0.25, 0.3) is 0 Å². The Labute approximate surface area is 113 Å². The van der Waals surface area contributed by atoms with Gasteiger partial charge in [0.2, 0.25) is 0 Å². The molecule has 1 rings (SSSR count). The molecule has 0 amide bonds. The van der Waals surface area contributed by atoms with Crippen LogP contribution in [-0.2, 0) is 11.0 Å². The molecule has 0 N–H and O–H groups in total. The van der Waals surface area contributed by atoms with Gasteiger partial charge in [-0.15, -0.1) is 0 Å². The molecule has 0 aliphatic heterocycles. The number of hydrogen-bond acceptors (Lipinski definition) is 1. The quantitative estimate of drug-likeness (QED) is 0.682. The first-order chi connectivity index (χ1) is 8.69. The number of unbranched alkanes of at least 4 members (excludes halogenated alkanes) is 1. The largest absolute Gasteiger partial charge is 0.235 e. The molecule has 0 fully saturated rings. The summed E-state index contributed by atoms with van der Waals surface area (Å²) < 4.78 is 16.5. The lowest BCUT2D eigenvalue weighted by atomic mass is 10.1. The molecular weight excluding hydrogens is 242 g/mol. The third kappa shape index (κ3) is 4.73. The molecule has 2 nitrogen and oxygen atoms in total. The fraction of sp³-hybridized carbons (Fsp3) is 0.533. The van der Waals surface area contributed by atoms with Gasteiger partial charge in [0.05, 0.1) is 11.0 Å². The van der Waals surface area contributed by atoms with Crippen LogP contribution < -0.4 is 0 Å². The highest BCUT2D eigenvalue weighted by atomic mass is 32.2. The summed E-state index contributed by atoms with van der Waals surface area (Å²) in [5.41, 5.74) is 2.08. The number of rotatable bonds is 7. The van der Waals surface area contributed by atoms with E-state index in [1.165, 1.54) is 0 Å². The highest BCUT2D eigenvalue weighted by Crippen LogP contribution is 2.11. The first-order valence-corrected chi connectivity index (χ1v) is 7.89. The first kappa shape index (κ1) is 15.1. The van der Waals surface area contributed by atoms with Crippen molar-refractivity contribution in [2.24, 2.45) is 4.40 Å². The van der Waals surface area contributed by atoms with Crippen molar-refractivity contribution >= 4 is 16.7 Å². The minimum atomic E-state index is -1.11. The summed E-state index contributed by atoms with van der Waals surface area (Å²) >= 11 is 0. The van der Waals surface area contributed by atoms with E-state index in [4.69, 9.17) is 0 Å². The molecule has 0 heterocycles. The van der Waals surface area contributed by atoms with Crippen molar-refractivity contribution in [2.45, 2.75) is 51.7 Å². The molecule has 0 saturated carbocycles. The van der Waals surface area contributed by atoms with Crippen LogP contribution in [0.2, 0.25) is 0 Å².